The SMILES string of the molecule is O=C(O)C1CCN(C(=O)c2ccccc2COC2CCOCC2)C1. The van der Waals surface area contributed by atoms with Crippen molar-refractivity contribution < 1.29 is 24.2 Å². The van der Waals surface area contributed by atoms with Gasteiger partial charge < -0.3 is 19.5 Å². The van der Waals surface area contributed by atoms with Crippen molar-refractivity contribution >= 4 is 11.9 Å². The van der Waals surface area contributed by atoms with Crippen LogP contribution in [0.1, 0.15) is 35.2 Å². The minimum absolute atomic E-state index is 0.107. The number of aliphatic carboxylic acids is 1. The number of carbonyl (C=O) groups is 2. The second-order valence-corrected chi connectivity index (χ2v) is 6.35. The van der Waals surface area contributed by atoms with Crippen molar-refractivity contribution in [3.05, 3.63) is 35.4 Å². The van der Waals surface area contributed by atoms with Crippen LogP contribution in [0.3, 0.4) is 0 Å². The van der Waals surface area contributed by atoms with Crippen LogP contribution in [-0.4, -0.2) is 54.3 Å². The van der Waals surface area contributed by atoms with Gasteiger partial charge in [0.1, 0.15) is 0 Å². The van der Waals surface area contributed by atoms with Crippen LogP contribution in [0.15, 0.2) is 24.3 Å². The number of hydrogen-bond donors (Lipinski definition) is 1. The Kier molecular flexibility index (Phi) is 5.48. The maximum Gasteiger partial charge on any atom is 0.308 e. The molecule has 24 heavy (non-hydrogen) atoms. The Hall–Kier alpha value is -1.92. The highest BCUT2D eigenvalue weighted by atomic mass is 16.5. The van der Waals surface area contributed by atoms with Crippen molar-refractivity contribution in [2.45, 2.75) is 32.0 Å². The van der Waals surface area contributed by atoms with Gasteiger partial charge in [0.05, 0.1) is 18.6 Å². The highest BCUT2D eigenvalue weighted by Gasteiger charge is 2.32. The third kappa shape index (κ3) is 3.94. The van der Waals surface area contributed by atoms with Gasteiger partial charge in [0, 0.05) is 31.9 Å². The molecule has 130 valence electrons. The molecule has 2 saturated heterocycles. The Bertz CT molecular complexity index is 597. The van der Waals surface area contributed by atoms with Crippen molar-refractivity contribution in [3.63, 3.8) is 0 Å². The number of benzene rings is 1. The Balaban J connectivity index is 1.65. The zero-order chi connectivity index (χ0) is 16.9. The van der Waals surface area contributed by atoms with Gasteiger partial charge in [-0.3, -0.25) is 9.59 Å². The molecule has 0 radical (unpaired) electrons. The van der Waals surface area contributed by atoms with Gasteiger partial charge >= 0.3 is 5.97 Å². The van der Waals surface area contributed by atoms with Gasteiger partial charge in [-0.05, 0) is 30.9 Å². The number of hydrogen-bond acceptors (Lipinski definition) is 4. The number of carboxylic acid groups (broad SMARTS) is 1. The minimum Gasteiger partial charge on any atom is -0.481 e. The molecular weight excluding hydrogens is 310 g/mol. The molecule has 2 heterocycles. The number of amides is 1. The lowest BCUT2D eigenvalue weighted by molar-refractivity contribution is -0.141. The summed E-state index contributed by atoms with van der Waals surface area (Å²) in [6, 6.07) is 7.41. The van der Waals surface area contributed by atoms with Crippen molar-refractivity contribution in [1.82, 2.24) is 4.90 Å². The van der Waals surface area contributed by atoms with E-state index in [1.807, 2.05) is 18.2 Å². The fourth-order valence-electron chi connectivity index (χ4n) is 3.22. The molecule has 6 heteroatoms. The van der Waals surface area contributed by atoms with E-state index < -0.39 is 11.9 Å². The second kappa shape index (κ2) is 7.77. The summed E-state index contributed by atoms with van der Waals surface area (Å²) in [7, 11) is 0. The molecule has 1 atom stereocenters. The molecule has 2 fully saturated rings. The van der Waals surface area contributed by atoms with E-state index in [1.54, 1.807) is 11.0 Å². The summed E-state index contributed by atoms with van der Waals surface area (Å²) in [4.78, 5) is 25.5. The predicted molar refractivity (Wildman–Crippen MR) is 86.7 cm³/mol. The van der Waals surface area contributed by atoms with Crippen LogP contribution in [0.4, 0.5) is 0 Å². The molecule has 0 aliphatic carbocycles. The van der Waals surface area contributed by atoms with Gasteiger partial charge in [-0.15, -0.1) is 0 Å². The van der Waals surface area contributed by atoms with E-state index in [4.69, 9.17) is 14.6 Å². The van der Waals surface area contributed by atoms with E-state index in [9.17, 15) is 9.59 Å². The molecule has 0 saturated carbocycles. The molecule has 1 unspecified atom stereocenters. The standard InChI is InChI=1S/C18H23NO5/c20-17(19-8-5-13(11-19)18(21)22)16-4-2-1-3-14(16)12-24-15-6-9-23-10-7-15/h1-4,13,15H,5-12H2,(H,21,22). The molecular formula is C18H23NO5. The average molecular weight is 333 g/mol. The normalized spacial score (nSPS) is 21.8. The van der Waals surface area contributed by atoms with Crippen LogP contribution in [0, 0.1) is 5.92 Å². The largest absolute Gasteiger partial charge is 0.481 e. The molecule has 2 aliphatic heterocycles. The summed E-state index contributed by atoms with van der Waals surface area (Å²) in [5.74, 6) is -1.40. The smallest absolute Gasteiger partial charge is 0.308 e. The summed E-state index contributed by atoms with van der Waals surface area (Å²) >= 11 is 0. The van der Waals surface area contributed by atoms with Gasteiger partial charge in [0.25, 0.3) is 5.91 Å². The molecule has 0 spiro atoms. The van der Waals surface area contributed by atoms with E-state index in [2.05, 4.69) is 0 Å². The van der Waals surface area contributed by atoms with Crippen molar-refractivity contribution in [1.29, 1.82) is 0 Å². The lowest BCUT2D eigenvalue weighted by Gasteiger charge is -2.23. The van der Waals surface area contributed by atoms with Crippen molar-refractivity contribution in [2.75, 3.05) is 26.3 Å². The molecule has 0 aromatic heterocycles. The number of ether oxygens (including phenoxy) is 2. The molecule has 1 N–H and O–H groups in total. The first-order valence-electron chi connectivity index (χ1n) is 8.44. The monoisotopic (exact) mass is 333 g/mol. The first kappa shape index (κ1) is 16.9. The molecule has 6 nitrogen and oxygen atoms in total. The Labute approximate surface area is 141 Å². The van der Waals surface area contributed by atoms with Crippen LogP contribution < -0.4 is 0 Å². The second-order valence-electron chi connectivity index (χ2n) is 6.35. The molecule has 3 rings (SSSR count). The quantitative estimate of drug-likeness (QED) is 0.891. The summed E-state index contributed by atoms with van der Waals surface area (Å²) in [5, 5.41) is 9.10. The zero-order valence-electron chi connectivity index (χ0n) is 13.6. The molecule has 2 aliphatic rings. The number of carbonyl (C=O) groups excluding carboxylic acids is 1. The first-order valence-corrected chi connectivity index (χ1v) is 8.44. The highest BCUT2D eigenvalue weighted by molar-refractivity contribution is 5.96. The van der Waals surface area contributed by atoms with Gasteiger partial charge in [-0.1, -0.05) is 18.2 Å². The summed E-state index contributed by atoms with van der Waals surface area (Å²) in [5.41, 5.74) is 1.46. The van der Waals surface area contributed by atoms with Gasteiger partial charge in [-0.25, -0.2) is 0 Å². The Morgan fingerprint density at radius 3 is 2.67 bits per heavy atom. The zero-order valence-corrected chi connectivity index (χ0v) is 13.6. The fraction of sp³-hybridized carbons (Fsp3) is 0.556. The first-order chi connectivity index (χ1) is 11.6. The number of carboxylic acids is 1. The van der Waals surface area contributed by atoms with Gasteiger partial charge in [0.2, 0.25) is 0 Å². The predicted octanol–water partition coefficient (Wildman–Crippen LogP) is 1.93. The summed E-state index contributed by atoms with van der Waals surface area (Å²) in [6.07, 6.45) is 2.44. The van der Waals surface area contributed by atoms with Crippen LogP contribution in [0.2, 0.25) is 0 Å². The van der Waals surface area contributed by atoms with Gasteiger partial charge in [0.15, 0.2) is 0 Å². The molecule has 0 bridgehead atoms. The fourth-order valence-corrected chi connectivity index (χ4v) is 3.22. The van der Waals surface area contributed by atoms with E-state index in [0.717, 1.165) is 31.6 Å². The Morgan fingerprint density at radius 1 is 1.21 bits per heavy atom. The number of likely N-dealkylation sites (tertiary alicyclic amines) is 1. The maximum absolute atomic E-state index is 12.7. The van der Waals surface area contributed by atoms with E-state index in [0.29, 0.717) is 25.1 Å². The topological polar surface area (TPSA) is 76.1 Å². The molecule has 1 amide bonds. The van der Waals surface area contributed by atoms with Crippen LogP contribution >= 0.6 is 0 Å². The maximum atomic E-state index is 12.7. The summed E-state index contributed by atoms with van der Waals surface area (Å²) in [6.45, 7) is 2.60. The number of rotatable bonds is 5. The van der Waals surface area contributed by atoms with Crippen LogP contribution in [-0.2, 0) is 20.9 Å². The third-order valence-corrected chi connectivity index (χ3v) is 4.72. The van der Waals surface area contributed by atoms with Crippen molar-refractivity contribution in [2.24, 2.45) is 5.92 Å². The van der Waals surface area contributed by atoms with Crippen molar-refractivity contribution in [3.8, 4) is 0 Å². The Morgan fingerprint density at radius 2 is 1.96 bits per heavy atom. The minimum atomic E-state index is -0.832. The van der Waals surface area contributed by atoms with E-state index >= 15 is 0 Å². The highest BCUT2D eigenvalue weighted by Crippen LogP contribution is 2.22. The number of nitrogens with zero attached hydrogens (tertiary/aromatic N) is 1. The van der Waals surface area contributed by atoms with Crippen LogP contribution in [0.25, 0.3) is 0 Å². The van der Waals surface area contributed by atoms with E-state index in [1.165, 1.54) is 0 Å². The van der Waals surface area contributed by atoms with E-state index in [-0.39, 0.29) is 18.6 Å². The summed E-state index contributed by atoms with van der Waals surface area (Å²) < 4.78 is 11.3. The lowest BCUT2D eigenvalue weighted by atomic mass is 10.1. The molecule has 1 aromatic carbocycles. The van der Waals surface area contributed by atoms with Crippen LogP contribution in [0.5, 0.6) is 0 Å². The average Bonchev–Trinajstić information content (AvgIpc) is 3.11. The molecule has 1 aromatic rings. The third-order valence-electron chi connectivity index (χ3n) is 4.72. The lowest BCUT2D eigenvalue weighted by Crippen LogP contribution is -2.31. The van der Waals surface area contributed by atoms with Gasteiger partial charge in [-0.2, -0.15) is 0 Å².